The second kappa shape index (κ2) is 12.4. The Morgan fingerprint density at radius 2 is 1.85 bits per heavy atom. The highest BCUT2D eigenvalue weighted by atomic mass is 19.1. The first kappa shape index (κ1) is 28.2. The van der Waals surface area contributed by atoms with Gasteiger partial charge in [0.15, 0.2) is 0 Å². The zero-order chi connectivity index (χ0) is 28.1. The average Bonchev–Trinajstić information content (AvgIpc) is 3.83. The summed E-state index contributed by atoms with van der Waals surface area (Å²) in [6.07, 6.45) is 8.67. The van der Waals surface area contributed by atoms with Crippen LogP contribution in [0.1, 0.15) is 52.1 Å². The number of amides is 2. The minimum atomic E-state index is -0.806. The van der Waals surface area contributed by atoms with Gasteiger partial charge in [-0.3, -0.25) is 14.6 Å². The fourth-order valence-corrected chi connectivity index (χ4v) is 5.04. The summed E-state index contributed by atoms with van der Waals surface area (Å²) in [7, 11) is 1.52. The van der Waals surface area contributed by atoms with Gasteiger partial charge in [0.2, 0.25) is 11.9 Å². The molecule has 10 heteroatoms. The number of methoxy groups -OCH3 is 1. The van der Waals surface area contributed by atoms with E-state index in [1.165, 1.54) is 13.2 Å². The SMILES string of the molecule is CCc1ncc(OC)cc1-c1ccc(NC(=O)C(NC(=O)/C(=C/C=N)NC(C)C)C(C2CC2)C2CC2)nc1F. The number of hydrogen-bond donors (Lipinski definition) is 4. The summed E-state index contributed by atoms with van der Waals surface area (Å²) in [5.74, 6) is -0.329. The normalized spacial score (nSPS) is 16.1. The van der Waals surface area contributed by atoms with Crippen molar-refractivity contribution in [2.45, 2.75) is 65.0 Å². The number of carbonyl (C=O) groups is 2. The Kier molecular flexibility index (Phi) is 8.93. The van der Waals surface area contributed by atoms with Gasteiger partial charge in [0.1, 0.15) is 23.3 Å². The standard InChI is InChI=1S/C29H37FN6O3/c1-5-22-21(14-19(39-4)15-32-22)20-10-11-24(34-27(20)30)35-29(38)26(25(17-6-7-17)18-8-9-18)36-28(37)23(12-13-31)33-16(2)3/h10-18,25-26,31,33H,5-9H2,1-4H3,(H,36,37)(H,34,35,38)/b23-12-,31-13?. The van der Waals surface area contributed by atoms with Crippen LogP contribution in [0, 0.1) is 29.1 Å². The van der Waals surface area contributed by atoms with Crippen LogP contribution < -0.4 is 20.7 Å². The Balaban J connectivity index is 1.58. The minimum Gasteiger partial charge on any atom is -0.495 e. The summed E-state index contributed by atoms with van der Waals surface area (Å²) in [5, 5.41) is 16.1. The molecule has 2 aromatic rings. The van der Waals surface area contributed by atoms with Gasteiger partial charge in [-0.2, -0.15) is 4.39 Å². The first-order valence-corrected chi connectivity index (χ1v) is 13.5. The van der Waals surface area contributed by atoms with Gasteiger partial charge in [0.05, 0.1) is 13.3 Å². The Bertz CT molecular complexity index is 1240. The zero-order valence-electron chi connectivity index (χ0n) is 22.9. The van der Waals surface area contributed by atoms with Crippen molar-refractivity contribution in [1.82, 2.24) is 20.6 Å². The van der Waals surface area contributed by atoms with E-state index in [2.05, 4.69) is 25.9 Å². The molecular weight excluding hydrogens is 499 g/mol. The molecule has 0 radical (unpaired) electrons. The van der Waals surface area contributed by atoms with Gasteiger partial charge in [0, 0.05) is 29.1 Å². The number of hydrogen-bond acceptors (Lipinski definition) is 7. The first-order chi connectivity index (χ1) is 18.7. The molecule has 0 saturated heterocycles. The maximum Gasteiger partial charge on any atom is 0.268 e. The maximum absolute atomic E-state index is 15.3. The number of nitrogens with zero attached hydrogens (tertiary/aromatic N) is 2. The van der Waals surface area contributed by atoms with Crippen molar-refractivity contribution >= 4 is 23.8 Å². The molecule has 2 aromatic heterocycles. The largest absolute Gasteiger partial charge is 0.495 e. The molecule has 0 aromatic carbocycles. The van der Waals surface area contributed by atoms with Crippen LogP contribution in [-0.4, -0.2) is 47.2 Å². The molecule has 1 unspecified atom stereocenters. The molecule has 4 N–H and O–H groups in total. The molecule has 0 bridgehead atoms. The molecule has 2 saturated carbocycles. The Morgan fingerprint density at radius 3 is 2.38 bits per heavy atom. The van der Waals surface area contributed by atoms with Crippen molar-refractivity contribution in [1.29, 1.82) is 5.41 Å². The van der Waals surface area contributed by atoms with Crippen LogP contribution in [0.4, 0.5) is 10.2 Å². The molecule has 4 rings (SSSR count). The number of aryl methyl sites for hydroxylation is 1. The Morgan fingerprint density at radius 1 is 1.15 bits per heavy atom. The number of carbonyl (C=O) groups excluding carboxylic acids is 2. The predicted molar refractivity (Wildman–Crippen MR) is 148 cm³/mol. The third-order valence-corrected chi connectivity index (χ3v) is 7.13. The van der Waals surface area contributed by atoms with Gasteiger partial charge in [-0.15, -0.1) is 0 Å². The van der Waals surface area contributed by atoms with Crippen LogP contribution in [0.2, 0.25) is 0 Å². The quantitative estimate of drug-likeness (QED) is 0.172. The van der Waals surface area contributed by atoms with E-state index >= 15 is 4.39 Å². The lowest BCUT2D eigenvalue weighted by Crippen LogP contribution is -2.51. The second-order valence-corrected chi connectivity index (χ2v) is 10.5. The topological polar surface area (TPSA) is 129 Å². The summed E-state index contributed by atoms with van der Waals surface area (Å²) in [4.78, 5) is 35.2. The first-order valence-electron chi connectivity index (χ1n) is 13.5. The summed E-state index contributed by atoms with van der Waals surface area (Å²) in [6, 6.07) is 4.00. The highest BCUT2D eigenvalue weighted by Gasteiger charge is 2.48. The van der Waals surface area contributed by atoms with Crippen LogP contribution in [0.15, 0.2) is 36.2 Å². The van der Waals surface area contributed by atoms with Gasteiger partial charge in [-0.05, 0) is 88.0 Å². The number of ether oxygens (including phenoxy) is 1. The number of rotatable bonds is 13. The monoisotopic (exact) mass is 536 g/mol. The molecule has 0 aliphatic heterocycles. The molecule has 2 fully saturated rings. The van der Waals surface area contributed by atoms with Crippen LogP contribution in [0.25, 0.3) is 11.1 Å². The minimum absolute atomic E-state index is 0.00618. The average molecular weight is 537 g/mol. The summed E-state index contributed by atoms with van der Waals surface area (Å²) < 4.78 is 20.5. The summed E-state index contributed by atoms with van der Waals surface area (Å²) in [6.45, 7) is 5.71. The van der Waals surface area contributed by atoms with Crippen molar-refractivity contribution in [3.05, 3.63) is 47.8 Å². The second-order valence-electron chi connectivity index (χ2n) is 10.5. The van der Waals surface area contributed by atoms with Crippen molar-refractivity contribution in [2.24, 2.45) is 17.8 Å². The van der Waals surface area contributed by atoms with Crippen molar-refractivity contribution < 1.29 is 18.7 Å². The Hall–Kier alpha value is -3.82. The predicted octanol–water partition coefficient (Wildman–Crippen LogP) is 4.24. The highest BCUT2D eigenvalue weighted by Crippen LogP contribution is 2.51. The van der Waals surface area contributed by atoms with E-state index < -0.39 is 23.8 Å². The third kappa shape index (κ3) is 6.99. The molecule has 2 aliphatic rings. The van der Waals surface area contributed by atoms with E-state index in [0.29, 0.717) is 35.3 Å². The van der Waals surface area contributed by atoms with E-state index in [9.17, 15) is 9.59 Å². The molecule has 0 spiro atoms. The van der Waals surface area contributed by atoms with E-state index in [1.807, 2.05) is 20.8 Å². The lowest BCUT2D eigenvalue weighted by molar-refractivity contribution is -0.126. The number of pyridine rings is 2. The van der Waals surface area contributed by atoms with Crippen LogP contribution >= 0.6 is 0 Å². The lowest BCUT2D eigenvalue weighted by Gasteiger charge is -2.28. The smallest absolute Gasteiger partial charge is 0.268 e. The molecule has 2 amide bonds. The summed E-state index contributed by atoms with van der Waals surface area (Å²) in [5.41, 5.74) is 1.76. The van der Waals surface area contributed by atoms with E-state index in [1.54, 1.807) is 24.4 Å². The van der Waals surface area contributed by atoms with Gasteiger partial charge in [0.25, 0.3) is 5.91 Å². The third-order valence-electron chi connectivity index (χ3n) is 7.13. The number of nitrogens with one attached hydrogen (secondary N) is 4. The van der Waals surface area contributed by atoms with E-state index in [0.717, 1.165) is 31.9 Å². The molecule has 1 atom stereocenters. The van der Waals surface area contributed by atoms with Gasteiger partial charge in [-0.1, -0.05) is 6.92 Å². The van der Waals surface area contributed by atoms with Gasteiger partial charge >= 0.3 is 0 Å². The lowest BCUT2D eigenvalue weighted by atomic mass is 9.88. The Labute approximate surface area is 228 Å². The van der Waals surface area contributed by atoms with E-state index in [-0.39, 0.29) is 29.0 Å². The molecule has 2 heterocycles. The van der Waals surface area contributed by atoms with Crippen molar-refractivity contribution in [3.63, 3.8) is 0 Å². The summed E-state index contributed by atoms with van der Waals surface area (Å²) >= 11 is 0. The van der Waals surface area contributed by atoms with Crippen LogP contribution in [-0.2, 0) is 16.0 Å². The number of allylic oxidation sites excluding steroid dienone is 1. The highest BCUT2D eigenvalue weighted by molar-refractivity contribution is 6.02. The number of aromatic nitrogens is 2. The molecule has 208 valence electrons. The van der Waals surface area contributed by atoms with Crippen molar-refractivity contribution in [2.75, 3.05) is 12.4 Å². The molecule has 39 heavy (non-hydrogen) atoms. The maximum atomic E-state index is 15.3. The van der Waals surface area contributed by atoms with Gasteiger partial charge in [-0.25, -0.2) is 4.98 Å². The van der Waals surface area contributed by atoms with Crippen molar-refractivity contribution in [3.8, 4) is 16.9 Å². The molecule has 2 aliphatic carbocycles. The molecule has 9 nitrogen and oxygen atoms in total. The zero-order valence-corrected chi connectivity index (χ0v) is 22.9. The van der Waals surface area contributed by atoms with E-state index in [4.69, 9.17) is 10.1 Å². The van der Waals surface area contributed by atoms with Crippen LogP contribution in [0.5, 0.6) is 5.75 Å². The van der Waals surface area contributed by atoms with Crippen LogP contribution in [0.3, 0.4) is 0 Å². The number of anilines is 1. The molecular formula is C29H37FN6O3. The fraction of sp³-hybridized carbons (Fsp3) is 0.483. The number of halogens is 1. The van der Waals surface area contributed by atoms with Gasteiger partial charge < -0.3 is 26.1 Å². The fourth-order valence-electron chi connectivity index (χ4n) is 5.04.